The zero-order chi connectivity index (χ0) is 26.5. The Morgan fingerprint density at radius 3 is 2.18 bits per heavy atom. The van der Waals surface area contributed by atoms with E-state index in [2.05, 4.69) is 0 Å². The normalized spacial score (nSPS) is 16.4. The molecule has 0 bridgehead atoms. The second kappa shape index (κ2) is 12.2. The largest absolute Gasteiger partial charge is 0.491 e. The Labute approximate surface area is 226 Å². The fourth-order valence-electron chi connectivity index (χ4n) is 4.43. The summed E-state index contributed by atoms with van der Waals surface area (Å²) in [5, 5.41) is 7.52. The van der Waals surface area contributed by atoms with Gasteiger partial charge in [0.1, 0.15) is 18.2 Å². The smallest absolute Gasteiger partial charge is 0.306 e. The number of rotatable bonds is 9. The molecule has 2 atom stereocenters. The number of nitrogens with zero attached hydrogens (tertiary/aromatic N) is 1. The summed E-state index contributed by atoms with van der Waals surface area (Å²) in [6, 6.07) is 21.1. The first-order chi connectivity index (χ1) is 17.8. The number of nitrogens with one attached hydrogen (secondary N) is 1. The number of hydrogen-bond donors (Lipinski definition) is 3. The number of amides is 2. The molecule has 38 heavy (non-hydrogen) atoms. The van der Waals surface area contributed by atoms with Crippen LogP contribution in [0.2, 0.25) is 0 Å². The molecule has 1 aliphatic heterocycles. The number of anilines is 1. The van der Waals surface area contributed by atoms with Crippen LogP contribution in [0.25, 0.3) is 11.1 Å². The number of ether oxygens (including phenoxy) is 2. The second-order valence-corrected chi connectivity index (χ2v) is 8.82. The molecule has 1 heterocycles. The maximum atomic E-state index is 13.3. The zero-order valence-electron chi connectivity index (χ0n) is 20.8. The van der Waals surface area contributed by atoms with Gasteiger partial charge in [-0.05, 0) is 47.9 Å². The molecule has 1 aliphatic rings. The fourth-order valence-corrected chi connectivity index (χ4v) is 4.43. The number of primary amides is 1. The van der Waals surface area contributed by atoms with Crippen LogP contribution < -0.4 is 21.1 Å². The Hall–Kier alpha value is -4.37. The second-order valence-electron chi connectivity index (χ2n) is 8.82. The molecule has 0 unspecified atom stereocenters. The maximum Gasteiger partial charge on any atom is 0.306 e. The Kier molecular flexibility index (Phi) is 9.09. The van der Waals surface area contributed by atoms with E-state index < -0.39 is 17.8 Å². The SMILES string of the molecule is COC(=O)C[C@@H]1C[C@@H](COc2ccc(-c3ccc(C(=N)N)cc3)cc2)N(c2cccc(C(N)=O)c2)C1=O.Cl. The van der Waals surface area contributed by atoms with Crippen LogP contribution in [0.1, 0.15) is 28.8 Å². The lowest BCUT2D eigenvalue weighted by Crippen LogP contribution is -2.37. The van der Waals surface area contributed by atoms with Crippen LogP contribution in [-0.2, 0) is 14.3 Å². The van der Waals surface area contributed by atoms with E-state index in [0.29, 0.717) is 23.4 Å². The number of carbonyl (C=O) groups is 3. The standard InChI is InChI=1S/C28H28N4O5.ClH/c1-36-25(33)15-21-14-23(32(28(21)35)22-4-2-3-20(13-22)27(31)34)16-37-24-11-9-18(10-12-24)17-5-7-19(8-6-17)26(29)30;/h2-13,21,23H,14-16H2,1H3,(H3,29,30)(H2,31,34);1H/t21-,23-;/m0./s1. The van der Waals surface area contributed by atoms with Crippen molar-refractivity contribution >= 4 is 41.7 Å². The van der Waals surface area contributed by atoms with Gasteiger partial charge in [0, 0.05) is 16.8 Å². The molecular formula is C28H29ClN4O5. The van der Waals surface area contributed by atoms with Crippen molar-refractivity contribution in [2.75, 3.05) is 18.6 Å². The van der Waals surface area contributed by atoms with Gasteiger partial charge in [-0.25, -0.2) is 0 Å². The summed E-state index contributed by atoms with van der Waals surface area (Å²) >= 11 is 0. The summed E-state index contributed by atoms with van der Waals surface area (Å²) in [5.74, 6) is -1.20. The van der Waals surface area contributed by atoms with Crippen LogP contribution in [0.3, 0.4) is 0 Å². The Bertz CT molecular complexity index is 1330. The minimum absolute atomic E-state index is 0. The Balaban J connectivity index is 0.00000400. The van der Waals surface area contributed by atoms with Crippen LogP contribution in [0.4, 0.5) is 5.69 Å². The predicted molar refractivity (Wildman–Crippen MR) is 147 cm³/mol. The van der Waals surface area contributed by atoms with Crippen molar-refractivity contribution in [2.45, 2.75) is 18.9 Å². The summed E-state index contributed by atoms with van der Waals surface area (Å²) in [7, 11) is 1.29. The minimum atomic E-state index is -0.594. The minimum Gasteiger partial charge on any atom is -0.491 e. The predicted octanol–water partition coefficient (Wildman–Crippen LogP) is 3.52. The summed E-state index contributed by atoms with van der Waals surface area (Å²) in [6.07, 6.45) is 0.365. The van der Waals surface area contributed by atoms with Crippen LogP contribution in [0, 0.1) is 11.3 Å². The Morgan fingerprint density at radius 1 is 0.974 bits per heavy atom. The quantitative estimate of drug-likeness (QED) is 0.216. The van der Waals surface area contributed by atoms with Crippen molar-refractivity contribution < 1.29 is 23.9 Å². The van der Waals surface area contributed by atoms with Crippen molar-refractivity contribution in [1.82, 2.24) is 0 Å². The van der Waals surface area contributed by atoms with Crippen molar-refractivity contribution in [3.8, 4) is 16.9 Å². The summed E-state index contributed by atoms with van der Waals surface area (Å²) in [6.45, 7) is 0.191. The van der Waals surface area contributed by atoms with Gasteiger partial charge in [-0.15, -0.1) is 12.4 Å². The molecule has 0 spiro atoms. The van der Waals surface area contributed by atoms with E-state index in [1.54, 1.807) is 41.3 Å². The molecule has 0 aromatic heterocycles. The number of benzene rings is 3. The lowest BCUT2D eigenvalue weighted by atomic mass is 10.0. The van der Waals surface area contributed by atoms with Crippen molar-refractivity contribution in [2.24, 2.45) is 17.4 Å². The summed E-state index contributed by atoms with van der Waals surface area (Å²) < 4.78 is 10.8. The monoisotopic (exact) mass is 536 g/mol. The van der Waals surface area contributed by atoms with E-state index in [4.69, 9.17) is 26.4 Å². The topological polar surface area (TPSA) is 149 Å². The first-order valence-electron chi connectivity index (χ1n) is 11.7. The van der Waals surface area contributed by atoms with Gasteiger partial charge in [-0.1, -0.05) is 42.5 Å². The molecule has 9 nitrogen and oxygen atoms in total. The van der Waals surface area contributed by atoms with Crippen LogP contribution in [-0.4, -0.2) is 43.4 Å². The lowest BCUT2D eigenvalue weighted by molar-refractivity contribution is -0.143. The van der Waals surface area contributed by atoms with Crippen molar-refractivity contribution in [3.63, 3.8) is 0 Å². The third-order valence-electron chi connectivity index (χ3n) is 6.38. The molecular weight excluding hydrogens is 508 g/mol. The first-order valence-corrected chi connectivity index (χ1v) is 11.7. The number of carbonyl (C=O) groups excluding carboxylic acids is 3. The molecule has 1 saturated heterocycles. The van der Waals surface area contributed by atoms with Gasteiger partial charge < -0.3 is 25.8 Å². The number of nitrogens with two attached hydrogens (primary N) is 2. The molecule has 3 aromatic rings. The molecule has 198 valence electrons. The van der Waals surface area contributed by atoms with E-state index in [1.807, 2.05) is 36.4 Å². The highest BCUT2D eigenvalue weighted by Gasteiger charge is 2.42. The highest BCUT2D eigenvalue weighted by atomic mass is 35.5. The molecule has 2 amide bonds. The van der Waals surface area contributed by atoms with E-state index in [9.17, 15) is 14.4 Å². The molecule has 1 fully saturated rings. The molecule has 0 aliphatic carbocycles. The van der Waals surface area contributed by atoms with E-state index in [1.165, 1.54) is 7.11 Å². The molecule has 5 N–H and O–H groups in total. The Morgan fingerprint density at radius 2 is 1.61 bits per heavy atom. The molecule has 0 radical (unpaired) electrons. The van der Waals surface area contributed by atoms with Gasteiger partial charge in [0.15, 0.2) is 0 Å². The first kappa shape index (κ1) is 28.2. The van der Waals surface area contributed by atoms with Gasteiger partial charge in [0.2, 0.25) is 11.8 Å². The average Bonchev–Trinajstić information content (AvgIpc) is 3.22. The van der Waals surface area contributed by atoms with Gasteiger partial charge in [0.05, 0.1) is 25.5 Å². The summed E-state index contributed by atoms with van der Waals surface area (Å²) in [4.78, 5) is 38.4. The van der Waals surface area contributed by atoms with Gasteiger partial charge >= 0.3 is 5.97 Å². The molecule has 0 saturated carbocycles. The van der Waals surface area contributed by atoms with Crippen molar-refractivity contribution in [3.05, 3.63) is 83.9 Å². The van der Waals surface area contributed by atoms with Gasteiger partial charge in [0.25, 0.3) is 0 Å². The van der Waals surface area contributed by atoms with Gasteiger partial charge in [-0.3, -0.25) is 19.8 Å². The highest BCUT2D eigenvalue weighted by molar-refractivity contribution is 6.01. The number of methoxy groups -OCH3 is 1. The molecule has 3 aromatic carbocycles. The van der Waals surface area contributed by atoms with Crippen LogP contribution >= 0.6 is 12.4 Å². The van der Waals surface area contributed by atoms with E-state index in [0.717, 1.165) is 11.1 Å². The van der Waals surface area contributed by atoms with Gasteiger partial charge in [-0.2, -0.15) is 0 Å². The lowest BCUT2D eigenvalue weighted by Gasteiger charge is -2.25. The van der Waals surface area contributed by atoms with Crippen molar-refractivity contribution in [1.29, 1.82) is 5.41 Å². The number of amidine groups is 1. The molecule has 10 heteroatoms. The maximum absolute atomic E-state index is 13.3. The van der Waals surface area contributed by atoms with Crippen LogP contribution in [0.15, 0.2) is 72.8 Å². The average molecular weight is 537 g/mol. The van der Waals surface area contributed by atoms with Crippen LogP contribution in [0.5, 0.6) is 5.75 Å². The fraction of sp³-hybridized carbons (Fsp3) is 0.214. The third-order valence-corrected chi connectivity index (χ3v) is 6.38. The zero-order valence-corrected chi connectivity index (χ0v) is 21.6. The molecule has 4 rings (SSSR count). The number of nitrogen functional groups attached to an aromatic ring is 1. The van der Waals surface area contributed by atoms with E-state index >= 15 is 0 Å². The number of esters is 1. The van der Waals surface area contributed by atoms with E-state index in [-0.39, 0.29) is 48.8 Å². The third kappa shape index (κ3) is 6.30. The summed E-state index contributed by atoms with van der Waals surface area (Å²) in [5.41, 5.74) is 14.4. The number of halogens is 1. The highest BCUT2D eigenvalue weighted by Crippen LogP contribution is 2.33. The number of hydrogen-bond acceptors (Lipinski definition) is 6.